The molecule has 3 rings (SSSR count). The first kappa shape index (κ1) is 24.2. The van der Waals surface area contributed by atoms with E-state index < -0.39 is 6.23 Å². The van der Waals surface area contributed by atoms with E-state index in [9.17, 15) is 10.3 Å². The van der Waals surface area contributed by atoms with E-state index in [0.717, 1.165) is 4.73 Å². The van der Waals surface area contributed by atoms with Crippen LogP contribution in [0.5, 0.6) is 0 Å². The highest BCUT2D eigenvalue weighted by atomic mass is 35.5. The zero-order valence-electron chi connectivity index (χ0n) is 17.3. The van der Waals surface area contributed by atoms with E-state index in [4.69, 9.17) is 5.11 Å². The standard InChI is InChI=1S/C20H26N7O3.ClH/c1-15(2)20(24-22-16-7-9-25(10-8-16)11-12-28)23-21-13-19(29)26-14-27(30)18-6-4-3-5-17(18)26;/h3-10,14-15,19,28-30H,11-13H2,1-2H3;1H/q+1;/p-1. The fourth-order valence-corrected chi connectivity index (χ4v) is 2.77. The number of aliphatic hydroxyl groups excluding tert-OH is 2. The fourth-order valence-electron chi connectivity index (χ4n) is 2.77. The van der Waals surface area contributed by atoms with Gasteiger partial charge in [-0.3, -0.25) is 0 Å². The molecule has 0 amide bonds. The number of hydrogen-bond donors (Lipinski definition) is 3. The highest BCUT2D eigenvalue weighted by molar-refractivity contribution is 5.84. The molecule has 1 atom stereocenters. The van der Waals surface area contributed by atoms with Gasteiger partial charge in [-0.1, -0.05) is 26.0 Å². The van der Waals surface area contributed by atoms with Crippen molar-refractivity contribution in [2.45, 2.75) is 26.6 Å². The number of rotatable bonds is 7. The number of amidine groups is 1. The molecule has 2 aromatic heterocycles. The van der Waals surface area contributed by atoms with Gasteiger partial charge in [0.1, 0.15) is 6.54 Å². The number of aromatic nitrogens is 3. The Kier molecular flexibility index (Phi) is 8.86. The van der Waals surface area contributed by atoms with E-state index in [1.807, 2.05) is 36.9 Å². The summed E-state index contributed by atoms with van der Waals surface area (Å²) in [6.45, 7) is 4.44. The van der Waals surface area contributed by atoms with Crippen molar-refractivity contribution >= 4 is 16.9 Å². The first-order chi connectivity index (χ1) is 14.5. The normalized spacial score (nSPS) is 13.0. The maximum absolute atomic E-state index is 10.5. The zero-order valence-corrected chi connectivity index (χ0v) is 18.1. The minimum Gasteiger partial charge on any atom is -1.00 e. The predicted molar refractivity (Wildman–Crippen MR) is 110 cm³/mol. The molecule has 0 aliphatic carbocycles. The second kappa shape index (κ2) is 11.3. The number of hydrogen-bond acceptors (Lipinski definition) is 6. The summed E-state index contributed by atoms with van der Waals surface area (Å²) < 4.78 is 4.32. The molecule has 1 aromatic carbocycles. The number of nitrogens with zero attached hydrogens (tertiary/aromatic N) is 7. The Labute approximate surface area is 185 Å². The molecule has 0 saturated heterocycles. The Morgan fingerprint density at radius 3 is 2.52 bits per heavy atom. The van der Waals surface area contributed by atoms with Gasteiger partial charge in [0.05, 0.1) is 12.0 Å². The lowest BCUT2D eigenvalue weighted by atomic mass is 10.2. The molecule has 0 saturated carbocycles. The van der Waals surface area contributed by atoms with Gasteiger partial charge in [0.25, 0.3) is 6.33 Å². The molecule has 2 heterocycles. The Morgan fingerprint density at radius 1 is 1.13 bits per heavy atom. The second-order valence-electron chi connectivity index (χ2n) is 6.99. The smallest absolute Gasteiger partial charge is 0.287 e. The maximum atomic E-state index is 10.5. The molecule has 0 aliphatic heterocycles. The van der Waals surface area contributed by atoms with Gasteiger partial charge in [-0.2, -0.15) is 9.68 Å². The zero-order chi connectivity index (χ0) is 21.5. The lowest BCUT2D eigenvalue weighted by Crippen LogP contribution is -3.00. The van der Waals surface area contributed by atoms with Crippen molar-refractivity contribution < 1.29 is 32.4 Å². The maximum Gasteiger partial charge on any atom is 0.287 e. The summed E-state index contributed by atoms with van der Waals surface area (Å²) in [5.41, 5.74) is 1.26. The number of aliphatic hydroxyl groups is 2. The third-order valence-corrected chi connectivity index (χ3v) is 4.40. The van der Waals surface area contributed by atoms with Crippen LogP contribution in [0.15, 0.2) is 75.6 Å². The Hall–Kier alpha value is -3.08. The Bertz CT molecular complexity index is 1100. The summed E-state index contributed by atoms with van der Waals surface area (Å²) in [6.07, 6.45) is 4.03. The van der Waals surface area contributed by atoms with Crippen LogP contribution in [-0.2, 0) is 6.54 Å². The van der Waals surface area contributed by atoms with Crippen molar-refractivity contribution in [1.82, 2.24) is 9.30 Å². The van der Waals surface area contributed by atoms with Crippen molar-refractivity contribution in [3.05, 3.63) is 60.5 Å². The topological polar surface area (TPSA) is 124 Å². The summed E-state index contributed by atoms with van der Waals surface area (Å²) >= 11 is 0. The summed E-state index contributed by atoms with van der Waals surface area (Å²) in [5, 5.41) is 46.6. The molecular formula is C20H26ClN7O3. The third kappa shape index (κ3) is 6.20. The molecule has 10 nitrogen and oxygen atoms in total. The van der Waals surface area contributed by atoms with Crippen LogP contribution in [0, 0.1) is 5.92 Å². The van der Waals surface area contributed by atoms with Gasteiger partial charge in [-0.15, -0.1) is 15.3 Å². The van der Waals surface area contributed by atoms with Crippen LogP contribution in [0.2, 0.25) is 0 Å². The van der Waals surface area contributed by atoms with E-state index in [-0.39, 0.29) is 31.5 Å². The summed E-state index contributed by atoms with van der Waals surface area (Å²) in [4.78, 5) is 0. The molecule has 11 heteroatoms. The third-order valence-electron chi connectivity index (χ3n) is 4.40. The largest absolute Gasteiger partial charge is 1.00 e. The van der Waals surface area contributed by atoms with Gasteiger partial charge in [-0.05, 0) is 29.0 Å². The SMILES string of the molecule is CC(C)C(N=NCC(O)[n+]1cn(O)c2ccccc21)=NN=c1ccn(CCO)cc1.[Cl-]. The first-order valence-electron chi connectivity index (χ1n) is 9.64. The number of azo groups is 1. The number of benzene rings is 1. The van der Waals surface area contributed by atoms with Crippen molar-refractivity contribution in [2.75, 3.05) is 13.2 Å². The summed E-state index contributed by atoms with van der Waals surface area (Å²) in [5.74, 6) is 0.425. The van der Waals surface area contributed by atoms with E-state index in [1.54, 1.807) is 30.3 Å². The highest BCUT2D eigenvalue weighted by Crippen LogP contribution is 2.11. The second-order valence-corrected chi connectivity index (χ2v) is 6.99. The van der Waals surface area contributed by atoms with Crippen LogP contribution in [0.3, 0.4) is 0 Å². The van der Waals surface area contributed by atoms with Crippen molar-refractivity contribution in [3.63, 3.8) is 0 Å². The highest BCUT2D eigenvalue weighted by Gasteiger charge is 2.20. The van der Waals surface area contributed by atoms with Crippen LogP contribution >= 0.6 is 0 Å². The molecule has 0 aliphatic rings. The lowest BCUT2D eigenvalue weighted by molar-refractivity contribution is -0.735. The Balaban J connectivity index is 0.00000341. The quantitative estimate of drug-likeness (QED) is 0.102. The average molecular weight is 448 g/mol. The number of para-hydroxylation sites is 2. The molecular weight excluding hydrogens is 422 g/mol. The van der Waals surface area contributed by atoms with Crippen molar-refractivity contribution in [3.8, 4) is 0 Å². The number of halogens is 1. The number of fused-ring (bicyclic) bond motifs is 1. The molecule has 0 radical (unpaired) electrons. The minimum absolute atomic E-state index is 0. The van der Waals surface area contributed by atoms with Gasteiger partial charge in [0.15, 0.2) is 11.4 Å². The van der Waals surface area contributed by atoms with Crippen LogP contribution < -0.4 is 22.3 Å². The van der Waals surface area contributed by atoms with E-state index in [0.29, 0.717) is 28.8 Å². The minimum atomic E-state index is -0.992. The molecule has 0 bridgehead atoms. The van der Waals surface area contributed by atoms with Crippen LogP contribution in [0.1, 0.15) is 20.1 Å². The molecule has 0 fully saturated rings. The summed E-state index contributed by atoms with van der Waals surface area (Å²) in [6, 6.07) is 10.8. The molecule has 1 unspecified atom stereocenters. The number of pyridine rings is 1. The lowest BCUT2D eigenvalue weighted by Gasteiger charge is -2.04. The molecule has 3 aromatic rings. The van der Waals surface area contributed by atoms with Gasteiger partial charge in [0, 0.05) is 24.9 Å². The average Bonchev–Trinajstić information content (AvgIpc) is 3.08. The van der Waals surface area contributed by atoms with E-state index >= 15 is 0 Å². The molecule has 166 valence electrons. The van der Waals surface area contributed by atoms with Crippen LogP contribution in [-0.4, -0.2) is 43.7 Å². The van der Waals surface area contributed by atoms with Gasteiger partial charge < -0.3 is 32.4 Å². The van der Waals surface area contributed by atoms with E-state index in [1.165, 1.54) is 10.9 Å². The van der Waals surface area contributed by atoms with Gasteiger partial charge >= 0.3 is 0 Å². The predicted octanol–water partition coefficient (Wildman–Crippen LogP) is -1.52. The fraction of sp³-hybridized carbons (Fsp3) is 0.350. The van der Waals surface area contributed by atoms with Gasteiger partial charge in [-0.25, -0.2) is 0 Å². The van der Waals surface area contributed by atoms with Crippen LogP contribution in [0.25, 0.3) is 11.0 Å². The van der Waals surface area contributed by atoms with E-state index in [2.05, 4.69) is 20.4 Å². The van der Waals surface area contributed by atoms with Crippen molar-refractivity contribution in [2.24, 2.45) is 26.3 Å². The van der Waals surface area contributed by atoms with Crippen molar-refractivity contribution in [1.29, 1.82) is 0 Å². The van der Waals surface area contributed by atoms with Crippen LogP contribution in [0.4, 0.5) is 0 Å². The molecule has 0 spiro atoms. The Morgan fingerprint density at radius 2 is 1.84 bits per heavy atom. The van der Waals surface area contributed by atoms with Gasteiger partial charge in [0.2, 0.25) is 11.7 Å². The monoisotopic (exact) mass is 447 g/mol. The number of imidazole rings is 1. The summed E-state index contributed by atoms with van der Waals surface area (Å²) in [7, 11) is 0. The molecule has 3 N–H and O–H groups in total. The first-order valence-corrected chi connectivity index (χ1v) is 9.64. The molecule has 31 heavy (non-hydrogen) atoms.